The van der Waals surface area contributed by atoms with Gasteiger partial charge in [-0.2, -0.15) is 5.10 Å². The van der Waals surface area contributed by atoms with E-state index in [4.69, 9.17) is 0 Å². The highest BCUT2D eigenvalue weighted by Crippen LogP contribution is 2.20. The van der Waals surface area contributed by atoms with Gasteiger partial charge < -0.3 is 5.32 Å². The monoisotopic (exact) mass is 355 g/mol. The maximum Gasteiger partial charge on any atom is 0.220 e. The van der Waals surface area contributed by atoms with E-state index in [0.717, 1.165) is 31.5 Å². The van der Waals surface area contributed by atoms with Gasteiger partial charge in [-0.15, -0.1) is 0 Å². The van der Waals surface area contributed by atoms with E-state index in [1.807, 2.05) is 25.1 Å². The summed E-state index contributed by atoms with van der Waals surface area (Å²) < 4.78 is 2.08. The quantitative estimate of drug-likeness (QED) is 0.706. The highest BCUT2D eigenvalue weighted by Gasteiger charge is 2.16. The third-order valence-electron chi connectivity index (χ3n) is 4.79. The summed E-state index contributed by atoms with van der Waals surface area (Å²) in [7, 11) is 0. The number of aromatic nitrogens is 2. The van der Waals surface area contributed by atoms with Crippen molar-refractivity contribution in [3.8, 4) is 0 Å². The van der Waals surface area contributed by atoms with Crippen molar-refractivity contribution in [2.75, 3.05) is 0 Å². The Labute approximate surface area is 158 Å². The van der Waals surface area contributed by atoms with Gasteiger partial charge in [0.15, 0.2) is 0 Å². The van der Waals surface area contributed by atoms with Gasteiger partial charge in [-0.05, 0) is 43.7 Å². The first-order valence-electron chi connectivity index (χ1n) is 9.79. The fourth-order valence-electron chi connectivity index (χ4n) is 3.42. The van der Waals surface area contributed by atoms with Crippen molar-refractivity contribution in [2.45, 2.75) is 72.9 Å². The van der Waals surface area contributed by atoms with Crippen LogP contribution in [0.25, 0.3) is 0 Å². The van der Waals surface area contributed by atoms with E-state index in [1.165, 1.54) is 16.8 Å². The summed E-state index contributed by atoms with van der Waals surface area (Å²) in [6.45, 7) is 11.6. The van der Waals surface area contributed by atoms with Gasteiger partial charge in [-0.25, -0.2) is 0 Å². The summed E-state index contributed by atoms with van der Waals surface area (Å²) in [5.41, 5.74) is 4.63. The second-order valence-electron chi connectivity index (χ2n) is 7.54. The molecule has 0 spiro atoms. The molecule has 2 aromatic rings. The molecule has 4 heteroatoms. The topological polar surface area (TPSA) is 46.9 Å². The molecule has 1 aromatic heterocycles. The van der Waals surface area contributed by atoms with Crippen LogP contribution in [0.15, 0.2) is 30.3 Å². The number of carbonyl (C=O) groups excluding carboxylic acids is 1. The Balaban J connectivity index is 1.98. The maximum absolute atomic E-state index is 12.5. The van der Waals surface area contributed by atoms with Crippen LogP contribution in [0.4, 0.5) is 0 Å². The molecule has 1 aromatic carbocycles. The van der Waals surface area contributed by atoms with E-state index in [1.54, 1.807) is 0 Å². The summed E-state index contributed by atoms with van der Waals surface area (Å²) >= 11 is 0. The molecule has 0 bridgehead atoms. The van der Waals surface area contributed by atoms with Gasteiger partial charge in [0.1, 0.15) is 0 Å². The molecule has 0 fully saturated rings. The van der Waals surface area contributed by atoms with Crippen molar-refractivity contribution < 1.29 is 4.79 Å². The highest BCUT2D eigenvalue weighted by atomic mass is 16.1. The van der Waals surface area contributed by atoms with Crippen LogP contribution in [0, 0.1) is 19.8 Å². The average Bonchev–Trinajstić information content (AvgIpc) is 2.86. The molecule has 1 unspecified atom stereocenters. The number of amides is 1. The third-order valence-corrected chi connectivity index (χ3v) is 4.79. The molecule has 0 saturated heterocycles. The van der Waals surface area contributed by atoms with Gasteiger partial charge in [-0.1, -0.05) is 57.5 Å². The Hall–Kier alpha value is -2.10. The van der Waals surface area contributed by atoms with Crippen molar-refractivity contribution >= 4 is 5.91 Å². The number of nitrogens with zero attached hydrogens (tertiary/aromatic N) is 2. The van der Waals surface area contributed by atoms with Crippen molar-refractivity contribution in [1.82, 2.24) is 15.1 Å². The summed E-state index contributed by atoms with van der Waals surface area (Å²) in [5.74, 6) is 0.674. The lowest BCUT2D eigenvalue weighted by atomic mass is 10.0. The molecule has 142 valence electrons. The predicted molar refractivity (Wildman–Crippen MR) is 107 cm³/mol. The number of carbonyl (C=O) groups is 1. The Morgan fingerprint density at radius 2 is 1.88 bits per heavy atom. The maximum atomic E-state index is 12.5. The van der Waals surface area contributed by atoms with Gasteiger partial charge >= 0.3 is 0 Å². The van der Waals surface area contributed by atoms with Crippen LogP contribution in [-0.2, 0) is 17.8 Å². The summed E-state index contributed by atoms with van der Waals surface area (Å²) in [6.07, 6.45) is 3.25. The van der Waals surface area contributed by atoms with Gasteiger partial charge in [0.2, 0.25) is 5.91 Å². The van der Waals surface area contributed by atoms with Crippen LogP contribution in [0.5, 0.6) is 0 Å². The van der Waals surface area contributed by atoms with E-state index < -0.39 is 0 Å². The summed E-state index contributed by atoms with van der Waals surface area (Å²) in [4.78, 5) is 12.5. The van der Waals surface area contributed by atoms with E-state index in [-0.39, 0.29) is 11.9 Å². The number of hydrogen-bond donors (Lipinski definition) is 1. The molecule has 0 aliphatic carbocycles. The fraction of sp³-hybridized carbons (Fsp3) is 0.545. The molecule has 1 N–H and O–H groups in total. The van der Waals surface area contributed by atoms with Crippen molar-refractivity contribution in [3.63, 3.8) is 0 Å². The Morgan fingerprint density at radius 3 is 2.50 bits per heavy atom. The number of nitrogens with one attached hydrogen (secondary N) is 1. The first kappa shape index (κ1) is 20.2. The molecule has 1 heterocycles. The molecule has 0 aliphatic heterocycles. The number of benzene rings is 1. The molecule has 0 aliphatic rings. The molecule has 0 radical (unpaired) electrons. The number of aryl methyl sites for hydroxylation is 1. The van der Waals surface area contributed by atoms with Crippen LogP contribution in [0.3, 0.4) is 0 Å². The van der Waals surface area contributed by atoms with Crippen molar-refractivity contribution in [1.29, 1.82) is 0 Å². The number of hydrogen-bond acceptors (Lipinski definition) is 2. The third kappa shape index (κ3) is 5.45. The number of rotatable bonds is 9. The second-order valence-corrected chi connectivity index (χ2v) is 7.54. The zero-order valence-corrected chi connectivity index (χ0v) is 16.9. The predicted octanol–water partition coefficient (Wildman–Crippen LogP) is 4.75. The van der Waals surface area contributed by atoms with Gasteiger partial charge in [0, 0.05) is 18.7 Å². The van der Waals surface area contributed by atoms with Gasteiger partial charge in [-0.3, -0.25) is 9.48 Å². The lowest BCUT2D eigenvalue weighted by Crippen LogP contribution is -2.28. The van der Waals surface area contributed by atoms with Gasteiger partial charge in [0.25, 0.3) is 0 Å². The van der Waals surface area contributed by atoms with Crippen molar-refractivity contribution in [2.24, 2.45) is 5.92 Å². The van der Waals surface area contributed by atoms with E-state index in [0.29, 0.717) is 12.3 Å². The van der Waals surface area contributed by atoms with Crippen LogP contribution in [-0.4, -0.2) is 15.7 Å². The summed E-state index contributed by atoms with van der Waals surface area (Å²) in [6, 6.07) is 10.3. The molecular formula is C22H33N3O. The van der Waals surface area contributed by atoms with Crippen LogP contribution in [0.1, 0.15) is 68.6 Å². The van der Waals surface area contributed by atoms with Crippen molar-refractivity contribution in [3.05, 3.63) is 52.8 Å². The Morgan fingerprint density at radius 1 is 1.19 bits per heavy atom. The SMILES string of the molecule is CCCC(NC(=O)CCc1c(C)nn(CC(C)C)c1C)c1ccccc1. The lowest BCUT2D eigenvalue weighted by molar-refractivity contribution is -0.121. The standard InChI is InChI=1S/C22H33N3O/c1-6-10-21(19-11-8-7-9-12-19)23-22(26)14-13-20-17(4)24-25(18(20)5)15-16(2)3/h7-9,11-12,16,21H,6,10,13-15H2,1-5H3,(H,23,26). The van der Waals surface area contributed by atoms with Crippen LogP contribution < -0.4 is 5.32 Å². The first-order chi connectivity index (χ1) is 12.4. The smallest absolute Gasteiger partial charge is 0.220 e. The average molecular weight is 356 g/mol. The largest absolute Gasteiger partial charge is 0.349 e. The van der Waals surface area contributed by atoms with E-state index in [2.05, 4.69) is 54.9 Å². The zero-order chi connectivity index (χ0) is 19.1. The first-order valence-corrected chi connectivity index (χ1v) is 9.79. The van der Waals surface area contributed by atoms with E-state index >= 15 is 0 Å². The Bertz CT molecular complexity index is 704. The molecule has 4 nitrogen and oxygen atoms in total. The molecular weight excluding hydrogens is 322 g/mol. The van der Waals surface area contributed by atoms with Crippen LogP contribution >= 0.6 is 0 Å². The minimum atomic E-state index is 0.0968. The molecule has 0 saturated carbocycles. The van der Waals surface area contributed by atoms with Crippen LogP contribution in [0.2, 0.25) is 0 Å². The minimum absolute atomic E-state index is 0.0968. The summed E-state index contributed by atoms with van der Waals surface area (Å²) in [5, 5.41) is 7.87. The lowest BCUT2D eigenvalue weighted by Gasteiger charge is -2.18. The second kappa shape index (κ2) is 9.56. The highest BCUT2D eigenvalue weighted by molar-refractivity contribution is 5.76. The van der Waals surface area contributed by atoms with Gasteiger partial charge in [0.05, 0.1) is 11.7 Å². The molecule has 2 rings (SSSR count). The molecule has 1 atom stereocenters. The zero-order valence-electron chi connectivity index (χ0n) is 16.9. The normalized spacial score (nSPS) is 12.4. The molecule has 1 amide bonds. The molecule has 26 heavy (non-hydrogen) atoms. The minimum Gasteiger partial charge on any atom is -0.349 e. The fourth-order valence-corrected chi connectivity index (χ4v) is 3.42. The Kier molecular flexibility index (Phi) is 7.43. The van der Waals surface area contributed by atoms with E-state index in [9.17, 15) is 4.79 Å².